The number of aliphatic hydroxyl groups is 3. The summed E-state index contributed by atoms with van der Waals surface area (Å²) in [7, 11) is 0. The highest BCUT2D eigenvalue weighted by molar-refractivity contribution is 5.89. The highest BCUT2D eigenvalue weighted by Crippen LogP contribution is 2.81. The zero-order chi connectivity index (χ0) is 20.3. The van der Waals surface area contributed by atoms with Crippen molar-refractivity contribution in [1.29, 1.82) is 0 Å². The molecule has 0 aromatic rings. The quantitative estimate of drug-likeness (QED) is 0.307. The average molecular weight is 396 g/mol. The fraction of sp³-hybridized carbons (Fsp3) is 0.789. The summed E-state index contributed by atoms with van der Waals surface area (Å²) in [5, 5.41) is 33.9. The van der Waals surface area contributed by atoms with E-state index >= 15 is 0 Å². The summed E-state index contributed by atoms with van der Waals surface area (Å²) in [6.07, 6.45) is -4.42. The van der Waals surface area contributed by atoms with E-state index < -0.39 is 71.0 Å². The van der Waals surface area contributed by atoms with Crippen molar-refractivity contribution < 1.29 is 43.9 Å². The molecule has 2 saturated carbocycles. The molecular weight excluding hydrogens is 372 g/mol. The molecular formula is C19H24O9. The first-order chi connectivity index (χ1) is 13.2. The van der Waals surface area contributed by atoms with Gasteiger partial charge in [-0.1, -0.05) is 19.1 Å². The molecule has 2 aliphatic carbocycles. The smallest absolute Gasteiger partial charge is 0.342 e. The number of ether oxygens (including phenoxy) is 4. The molecule has 0 aromatic heterocycles. The minimum Gasteiger partial charge on any atom is -0.459 e. The molecule has 0 amide bonds. The lowest BCUT2D eigenvalue weighted by Crippen LogP contribution is -2.65. The van der Waals surface area contributed by atoms with Crippen LogP contribution in [0.4, 0.5) is 0 Å². The highest BCUT2D eigenvalue weighted by Gasteiger charge is 3.00. The van der Waals surface area contributed by atoms with Gasteiger partial charge in [-0.25, -0.2) is 4.79 Å². The average Bonchev–Trinajstić information content (AvgIpc) is 3.31. The van der Waals surface area contributed by atoms with Crippen molar-refractivity contribution in [3.8, 4) is 0 Å². The van der Waals surface area contributed by atoms with Crippen molar-refractivity contribution >= 4 is 12.4 Å². The number of aliphatic hydroxyl groups excluding tert-OH is 2. The third kappa shape index (κ3) is 1.36. The van der Waals surface area contributed by atoms with Crippen LogP contribution in [0, 0.1) is 22.7 Å². The molecule has 5 rings (SSSR count). The van der Waals surface area contributed by atoms with Gasteiger partial charge in [-0.05, 0) is 19.3 Å². The Hall–Kier alpha value is -1.52. The number of carbonyl (C=O) groups excluding carboxylic acids is 2. The normalized spacial score (nSPS) is 58.2. The molecule has 10 atom stereocenters. The van der Waals surface area contributed by atoms with Gasteiger partial charge >= 0.3 is 5.97 Å². The molecule has 5 fully saturated rings. The molecule has 3 saturated heterocycles. The Kier molecular flexibility index (Phi) is 3.40. The maximum Gasteiger partial charge on any atom is 0.342 e. The molecule has 3 aliphatic heterocycles. The molecule has 1 spiro atoms. The minimum absolute atomic E-state index is 0.118. The van der Waals surface area contributed by atoms with Gasteiger partial charge in [0.05, 0.1) is 30.1 Å². The molecule has 3 heterocycles. The summed E-state index contributed by atoms with van der Waals surface area (Å²) in [5.41, 5.74) is -6.22. The Morgan fingerprint density at radius 2 is 2.18 bits per heavy atom. The van der Waals surface area contributed by atoms with Gasteiger partial charge in [-0.3, -0.25) is 4.79 Å². The topological polar surface area (TPSA) is 132 Å². The van der Waals surface area contributed by atoms with Crippen LogP contribution in [0.3, 0.4) is 0 Å². The fourth-order valence-corrected chi connectivity index (χ4v) is 7.37. The van der Waals surface area contributed by atoms with Gasteiger partial charge < -0.3 is 34.3 Å². The third-order valence-corrected chi connectivity index (χ3v) is 8.24. The summed E-state index contributed by atoms with van der Waals surface area (Å²) in [6.45, 7) is 7.20. The number of carbonyl (C=O) groups is 2. The molecule has 6 unspecified atom stereocenters. The molecule has 154 valence electrons. The third-order valence-electron chi connectivity index (χ3n) is 8.24. The lowest BCUT2D eigenvalue weighted by Gasteiger charge is -2.45. The number of hydrogen-bond acceptors (Lipinski definition) is 9. The Bertz CT molecular complexity index is 783. The van der Waals surface area contributed by atoms with Crippen molar-refractivity contribution in [2.75, 3.05) is 13.2 Å². The van der Waals surface area contributed by atoms with Gasteiger partial charge in [0.2, 0.25) is 11.9 Å². The molecule has 0 radical (unpaired) electrons. The van der Waals surface area contributed by atoms with Gasteiger partial charge in [-0.2, -0.15) is 0 Å². The van der Waals surface area contributed by atoms with Crippen LogP contribution in [-0.4, -0.2) is 76.8 Å². The van der Waals surface area contributed by atoms with E-state index in [1.165, 1.54) is 0 Å². The predicted molar refractivity (Wildman–Crippen MR) is 89.4 cm³/mol. The summed E-state index contributed by atoms with van der Waals surface area (Å²) in [5.74, 6) is -1.86. The van der Waals surface area contributed by atoms with Gasteiger partial charge in [0.25, 0.3) is 6.47 Å². The first-order valence-corrected chi connectivity index (χ1v) is 9.48. The molecule has 9 heteroatoms. The highest BCUT2D eigenvalue weighted by atomic mass is 16.7. The van der Waals surface area contributed by atoms with E-state index in [-0.39, 0.29) is 19.5 Å². The van der Waals surface area contributed by atoms with Gasteiger partial charge in [-0.15, -0.1) is 0 Å². The number of allylic oxidation sites excluding steroid dienone is 1. The Morgan fingerprint density at radius 1 is 1.46 bits per heavy atom. The van der Waals surface area contributed by atoms with Crippen LogP contribution < -0.4 is 0 Å². The fourth-order valence-electron chi connectivity index (χ4n) is 7.37. The van der Waals surface area contributed by atoms with E-state index in [1.54, 1.807) is 13.8 Å². The van der Waals surface area contributed by atoms with E-state index in [0.717, 1.165) is 0 Å². The number of hydrogen-bond donors (Lipinski definition) is 3. The van der Waals surface area contributed by atoms with Crippen LogP contribution >= 0.6 is 0 Å². The van der Waals surface area contributed by atoms with Crippen LogP contribution in [-0.2, 0) is 28.5 Å². The number of rotatable bonds is 4. The van der Waals surface area contributed by atoms with E-state index in [4.69, 9.17) is 18.9 Å². The van der Waals surface area contributed by atoms with Gasteiger partial charge in [0.1, 0.15) is 17.8 Å². The zero-order valence-corrected chi connectivity index (χ0v) is 15.7. The first kappa shape index (κ1) is 18.5. The zero-order valence-electron chi connectivity index (χ0n) is 15.7. The van der Waals surface area contributed by atoms with Gasteiger partial charge in [0, 0.05) is 5.92 Å². The van der Waals surface area contributed by atoms with E-state index in [9.17, 15) is 24.9 Å². The lowest BCUT2D eigenvalue weighted by atomic mass is 9.55. The largest absolute Gasteiger partial charge is 0.459 e. The molecule has 5 aliphatic rings. The minimum atomic E-state index is -2.02. The van der Waals surface area contributed by atoms with Crippen molar-refractivity contribution in [3.63, 3.8) is 0 Å². The Balaban J connectivity index is 1.86. The second-order valence-electron chi connectivity index (χ2n) is 8.88. The Morgan fingerprint density at radius 3 is 2.79 bits per heavy atom. The molecule has 0 aromatic carbocycles. The van der Waals surface area contributed by atoms with Crippen LogP contribution in [0.25, 0.3) is 0 Å². The molecule has 0 bridgehead atoms. The van der Waals surface area contributed by atoms with Crippen LogP contribution in [0.1, 0.15) is 20.3 Å². The molecule has 28 heavy (non-hydrogen) atoms. The summed E-state index contributed by atoms with van der Waals surface area (Å²) in [6, 6.07) is 0. The predicted octanol–water partition coefficient (Wildman–Crippen LogP) is -1.12. The van der Waals surface area contributed by atoms with Crippen molar-refractivity contribution in [3.05, 3.63) is 12.2 Å². The van der Waals surface area contributed by atoms with Crippen LogP contribution in [0.2, 0.25) is 0 Å². The Labute approximate surface area is 161 Å². The second-order valence-corrected chi connectivity index (χ2v) is 8.88. The summed E-state index contributed by atoms with van der Waals surface area (Å²) >= 11 is 0. The SMILES string of the molecule is C=C(C)[C@@H]1CC2OC(=O)C34OC(OC=O)C1(CO)C23[C@@H](O)C1OC[C@@H](C)[C@@]14O. The maximum absolute atomic E-state index is 13.2. The van der Waals surface area contributed by atoms with Crippen molar-refractivity contribution in [2.24, 2.45) is 22.7 Å². The lowest BCUT2D eigenvalue weighted by molar-refractivity contribution is -0.248. The number of fused-ring (bicyclic) bond motifs is 1. The molecule has 3 N–H and O–H groups in total. The standard InChI is InChI=1S/C19H24O9/c1-8(2)10-4-11-17-12(22)13-18(24,9(3)5-25-13)19(17,14(23)27-11)28-15(26-7-21)16(10,17)6-20/h7,9-13,15,20,22,24H,1,4-6H2,2-3H3/t9-,10+,11?,12+,13?,15?,16?,17?,18-,19?/m1/s1. The monoisotopic (exact) mass is 396 g/mol. The second kappa shape index (κ2) is 5.14. The van der Waals surface area contributed by atoms with Crippen molar-refractivity contribution in [1.82, 2.24) is 0 Å². The summed E-state index contributed by atoms with van der Waals surface area (Å²) < 4.78 is 22.7. The van der Waals surface area contributed by atoms with E-state index in [2.05, 4.69) is 6.58 Å². The van der Waals surface area contributed by atoms with E-state index in [0.29, 0.717) is 5.57 Å². The van der Waals surface area contributed by atoms with Gasteiger partial charge in [0.15, 0.2) is 0 Å². The van der Waals surface area contributed by atoms with Crippen molar-refractivity contribution in [2.45, 2.75) is 56.1 Å². The summed E-state index contributed by atoms with van der Waals surface area (Å²) in [4.78, 5) is 24.5. The van der Waals surface area contributed by atoms with Crippen LogP contribution in [0.5, 0.6) is 0 Å². The maximum atomic E-state index is 13.2. The molecule has 9 nitrogen and oxygen atoms in total. The van der Waals surface area contributed by atoms with E-state index in [1.807, 2.05) is 0 Å². The number of esters is 1. The van der Waals surface area contributed by atoms with Crippen LogP contribution in [0.15, 0.2) is 12.2 Å². The first-order valence-electron chi connectivity index (χ1n) is 9.48.